The standard InChI is InChI=1S/C8H17N3O4/c1-14-6(5-9)4-7(12)11-2-3-15-8(10)13/h6H,2-5,9H2,1H3,(H2,10,13)(H,11,12). The number of rotatable bonds is 7. The van der Waals surface area contributed by atoms with Gasteiger partial charge in [0.15, 0.2) is 0 Å². The summed E-state index contributed by atoms with van der Waals surface area (Å²) in [5.41, 5.74) is 10.1. The van der Waals surface area contributed by atoms with Gasteiger partial charge in [0.05, 0.1) is 19.1 Å². The van der Waals surface area contributed by atoms with E-state index in [4.69, 9.17) is 16.2 Å². The van der Waals surface area contributed by atoms with Gasteiger partial charge in [0.1, 0.15) is 6.61 Å². The first-order valence-electron chi connectivity index (χ1n) is 4.52. The number of carbonyl (C=O) groups excluding carboxylic acids is 2. The van der Waals surface area contributed by atoms with Crippen LogP contribution in [0.3, 0.4) is 0 Å². The van der Waals surface area contributed by atoms with Crippen LogP contribution in [-0.2, 0) is 14.3 Å². The Balaban J connectivity index is 3.52. The predicted octanol–water partition coefficient (Wildman–Crippen LogP) is -1.44. The number of nitrogens with one attached hydrogen (secondary N) is 1. The van der Waals surface area contributed by atoms with E-state index in [1.54, 1.807) is 0 Å². The van der Waals surface area contributed by atoms with Crippen LogP contribution >= 0.6 is 0 Å². The summed E-state index contributed by atoms with van der Waals surface area (Å²) in [6.07, 6.45) is -0.966. The summed E-state index contributed by atoms with van der Waals surface area (Å²) in [5.74, 6) is -0.208. The van der Waals surface area contributed by atoms with Crippen LogP contribution < -0.4 is 16.8 Å². The molecule has 0 radical (unpaired) electrons. The fraction of sp³-hybridized carbons (Fsp3) is 0.750. The van der Waals surface area contributed by atoms with Crippen molar-refractivity contribution in [2.45, 2.75) is 12.5 Å². The lowest BCUT2D eigenvalue weighted by Crippen LogP contribution is -2.34. The van der Waals surface area contributed by atoms with Gasteiger partial charge >= 0.3 is 6.09 Å². The maximum absolute atomic E-state index is 11.2. The number of primary amides is 1. The molecule has 0 aromatic carbocycles. The lowest BCUT2D eigenvalue weighted by molar-refractivity contribution is -0.123. The molecule has 1 atom stereocenters. The van der Waals surface area contributed by atoms with Crippen LogP contribution in [0.25, 0.3) is 0 Å². The third-order valence-corrected chi connectivity index (χ3v) is 1.68. The van der Waals surface area contributed by atoms with Crippen LogP contribution in [0.15, 0.2) is 0 Å². The zero-order chi connectivity index (χ0) is 11.7. The molecule has 2 amide bonds. The first kappa shape index (κ1) is 13.7. The quantitative estimate of drug-likeness (QED) is 0.453. The molecule has 0 aliphatic carbocycles. The van der Waals surface area contributed by atoms with Crippen molar-refractivity contribution in [3.8, 4) is 0 Å². The van der Waals surface area contributed by atoms with Crippen LogP contribution in [0.1, 0.15) is 6.42 Å². The van der Waals surface area contributed by atoms with E-state index in [-0.39, 0.29) is 38.1 Å². The molecule has 0 bridgehead atoms. The van der Waals surface area contributed by atoms with Crippen LogP contribution in [-0.4, -0.2) is 44.9 Å². The summed E-state index contributed by atoms with van der Waals surface area (Å²) in [6, 6.07) is 0. The van der Waals surface area contributed by atoms with Crippen molar-refractivity contribution in [2.24, 2.45) is 11.5 Å². The SMILES string of the molecule is COC(CN)CC(=O)NCCOC(N)=O. The Morgan fingerprint density at radius 2 is 2.13 bits per heavy atom. The van der Waals surface area contributed by atoms with E-state index in [0.717, 1.165) is 0 Å². The molecule has 0 aliphatic heterocycles. The van der Waals surface area contributed by atoms with Crippen LogP contribution in [0.2, 0.25) is 0 Å². The van der Waals surface area contributed by atoms with Gasteiger partial charge in [0.2, 0.25) is 5.91 Å². The Morgan fingerprint density at radius 1 is 1.47 bits per heavy atom. The van der Waals surface area contributed by atoms with Gasteiger partial charge in [-0.05, 0) is 0 Å². The number of nitrogens with two attached hydrogens (primary N) is 2. The van der Waals surface area contributed by atoms with E-state index in [0.29, 0.717) is 0 Å². The molecular formula is C8H17N3O4. The zero-order valence-electron chi connectivity index (χ0n) is 8.69. The predicted molar refractivity (Wildman–Crippen MR) is 53.0 cm³/mol. The number of amides is 2. The number of ether oxygens (including phenoxy) is 2. The van der Waals surface area contributed by atoms with Gasteiger partial charge in [0, 0.05) is 13.7 Å². The van der Waals surface area contributed by atoms with Crippen LogP contribution in [0.5, 0.6) is 0 Å². The molecule has 0 saturated carbocycles. The van der Waals surface area contributed by atoms with Crippen molar-refractivity contribution in [3.05, 3.63) is 0 Å². The molecule has 7 nitrogen and oxygen atoms in total. The van der Waals surface area contributed by atoms with Gasteiger partial charge in [-0.3, -0.25) is 4.79 Å². The van der Waals surface area contributed by atoms with E-state index in [1.165, 1.54) is 7.11 Å². The average Bonchev–Trinajstić information content (AvgIpc) is 2.20. The second-order valence-corrected chi connectivity index (χ2v) is 2.81. The Hall–Kier alpha value is -1.34. The highest BCUT2D eigenvalue weighted by atomic mass is 16.5. The monoisotopic (exact) mass is 219 g/mol. The highest BCUT2D eigenvalue weighted by Gasteiger charge is 2.10. The van der Waals surface area contributed by atoms with Crippen molar-refractivity contribution in [1.29, 1.82) is 0 Å². The highest BCUT2D eigenvalue weighted by molar-refractivity contribution is 5.76. The third kappa shape index (κ3) is 7.71. The summed E-state index contributed by atoms with van der Waals surface area (Å²) in [5, 5.41) is 2.53. The molecule has 15 heavy (non-hydrogen) atoms. The molecule has 0 aliphatic rings. The molecule has 0 aromatic heterocycles. The van der Waals surface area contributed by atoms with Crippen molar-refractivity contribution >= 4 is 12.0 Å². The van der Waals surface area contributed by atoms with Gasteiger partial charge < -0.3 is 26.3 Å². The Morgan fingerprint density at radius 3 is 2.60 bits per heavy atom. The van der Waals surface area contributed by atoms with E-state index in [2.05, 4.69) is 10.1 Å². The molecule has 0 aromatic rings. The highest BCUT2D eigenvalue weighted by Crippen LogP contribution is 1.93. The molecule has 88 valence electrons. The number of hydrogen-bond acceptors (Lipinski definition) is 5. The van der Waals surface area contributed by atoms with Crippen molar-refractivity contribution in [2.75, 3.05) is 26.8 Å². The van der Waals surface area contributed by atoms with Crippen LogP contribution in [0, 0.1) is 0 Å². The summed E-state index contributed by atoms with van der Waals surface area (Å²) in [4.78, 5) is 21.4. The van der Waals surface area contributed by atoms with Gasteiger partial charge in [-0.15, -0.1) is 0 Å². The summed E-state index contributed by atoms with van der Waals surface area (Å²) in [6.45, 7) is 0.561. The largest absolute Gasteiger partial charge is 0.448 e. The normalized spacial score (nSPS) is 11.9. The summed E-state index contributed by atoms with van der Waals surface area (Å²) < 4.78 is 9.34. The van der Waals surface area contributed by atoms with Crippen molar-refractivity contribution < 1.29 is 19.1 Å². The molecule has 0 saturated heterocycles. The number of carbonyl (C=O) groups is 2. The molecule has 5 N–H and O–H groups in total. The maximum atomic E-state index is 11.2. The topological polar surface area (TPSA) is 117 Å². The van der Waals surface area contributed by atoms with Gasteiger partial charge in [0.25, 0.3) is 0 Å². The van der Waals surface area contributed by atoms with E-state index >= 15 is 0 Å². The summed E-state index contributed by atoms with van der Waals surface area (Å²) in [7, 11) is 1.49. The molecular weight excluding hydrogens is 202 g/mol. The molecule has 1 unspecified atom stereocenters. The second-order valence-electron chi connectivity index (χ2n) is 2.81. The van der Waals surface area contributed by atoms with Crippen molar-refractivity contribution in [3.63, 3.8) is 0 Å². The molecule has 7 heteroatoms. The number of methoxy groups -OCH3 is 1. The summed E-state index contributed by atoms with van der Waals surface area (Å²) >= 11 is 0. The third-order valence-electron chi connectivity index (χ3n) is 1.68. The molecule has 0 rings (SSSR count). The fourth-order valence-corrected chi connectivity index (χ4v) is 0.884. The zero-order valence-corrected chi connectivity index (χ0v) is 8.69. The van der Waals surface area contributed by atoms with Crippen molar-refractivity contribution in [1.82, 2.24) is 5.32 Å². The minimum atomic E-state index is -0.860. The lowest BCUT2D eigenvalue weighted by Gasteiger charge is -2.12. The minimum Gasteiger partial charge on any atom is -0.448 e. The van der Waals surface area contributed by atoms with E-state index in [1.807, 2.05) is 0 Å². The Bertz CT molecular complexity index is 206. The van der Waals surface area contributed by atoms with Crippen LogP contribution in [0.4, 0.5) is 4.79 Å². The Labute approximate surface area is 88.1 Å². The fourth-order valence-electron chi connectivity index (χ4n) is 0.884. The molecule has 0 spiro atoms. The van der Waals surface area contributed by atoms with Gasteiger partial charge in [-0.25, -0.2) is 4.79 Å². The van der Waals surface area contributed by atoms with Gasteiger partial charge in [-0.1, -0.05) is 0 Å². The maximum Gasteiger partial charge on any atom is 0.404 e. The Kier molecular flexibility index (Phi) is 7.29. The smallest absolute Gasteiger partial charge is 0.404 e. The molecule has 0 fully saturated rings. The minimum absolute atomic E-state index is 0.0569. The number of hydrogen-bond donors (Lipinski definition) is 3. The molecule has 0 heterocycles. The first-order chi connectivity index (χ1) is 7.10. The second kappa shape index (κ2) is 8.01. The first-order valence-corrected chi connectivity index (χ1v) is 4.52. The van der Waals surface area contributed by atoms with Gasteiger partial charge in [-0.2, -0.15) is 0 Å². The lowest BCUT2D eigenvalue weighted by atomic mass is 10.2. The van der Waals surface area contributed by atoms with E-state index in [9.17, 15) is 9.59 Å². The van der Waals surface area contributed by atoms with E-state index < -0.39 is 6.09 Å². The average molecular weight is 219 g/mol.